The molecule has 1 aliphatic rings. The molecule has 2 nitrogen and oxygen atoms in total. The van der Waals surface area contributed by atoms with Gasteiger partial charge in [-0.15, -0.1) is 0 Å². The van der Waals surface area contributed by atoms with Crippen LogP contribution in [0, 0.1) is 5.41 Å². The van der Waals surface area contributed by atoms with E-state index < -0.39 is 0 Å². The predicted molar refractivity (Wildman–Crippen MR) is 88.3 cm³/mol. The van der Waals surface area contributed by atoms with Crippen LogP contribution in [0.1, 0.15) is 53.0 Å². The van der Waals surface area contributed by atoms with Gasteiger partial charge in [-0.1, -0.05) is 32.0 Å². The fraction of sp³-hybridized carbons (Fsp3) is 0.667. The summed E-state index contributed by atoms with van der Waals surface area (Å²) in [7, 11) is 0. The molecule has 1 saturated heterocycles. The first-order valence-corrected chi connectivity index (χ1v) is 7.85. The molecule has 1 N–H and O–H groups in total. The topological polar surface area (TPSA) is 15.3 Å². The standard InChI is InChI=1S/C18H30N2/c1-17(2,3)19-14-15-8-6-7-9-16(15)20-12-10-18(4,5)11-13-20/h6-9,19H,10-14H2,1-5H3. The molecule has 0 spiro atoms. The molecule has 0 radical (unpaired) electrons. The first-order valence-electron chi connectivity index (χ1n) is 7.85. The SMILES string of the molecule is CC1(C)CCN(c2ccccc2CNC(C)(C)C)CC1. The first kappa shape index (κ1) is 15.4. The number of nitrogens with one attached hydrogen (secondary N) is 1. The second-order valence-electron chi connectivity index (χ2n) is 7.88. The second kappa shape index (κ2) is 5.77. The monoisotopic (exact) mass is 274 g/mol. The number of hydrogen-bond acceptors (Lipinski definition) is 2. The van der Waals surface area contributed by atoms with E-state index in [4.69, 9.17) is 0 Å². The Kier molecular flexibility index (Phi) is 4.43. The highest BCUT2D eigenvalue weighted by molar-refractivity contribution is 5.54. The molecule has 2 heteroatoms. The molecule has 0 unspecified atom stereocenters. The van der Waals surface area contributed by atoms with Gasteiger partial charge in [0.2, 0.25) is 0 Å². The molecule has 1 aromatic carbocycles. The van der Waals surface area contributed by atoms with Crippen molar-refractivity contribution in [2.75, 3.05) is 18.0 Å². The third-order valence-electron chi connectivity index (χ3n) is 4.26. The summed E-state index contributed by atoms with van der Waals surface area (Å²) in [6.07, 6.45) is 2.57. The van der Waals surface area contributed by atoms with Crippen LogP contribution in [0.2, 0.25) is 0 Å². The maximum atomic E-state index is 3.61. The van der Waals surface area contributed by atoms with E-state index in [1.165, 1.54) is 37.2 Å². The van der Waals surface area contributed by atoms with Crippen molar-refractivity contribution in [1.82, 2.24) is 5.32 Å². The Morgan fingerprint density at radius 1 is 1.10 bits per heavy atom. The van der Waals surface area contributed by atoms with Gasteiger partial charge < -0.3 is 10.2 Å². The summed E-state index contributed by atoms with van der Waals surface area (Å²) in [5.74, 6) is 0. The molecule has 0 aromatic heterocycles. The Morgan fingerprint density at radius 2 is 1.70 bits per heavy atom. The summed E-state index contributed by atoms with van der Waals surface area (Å²) in [4.78, 5) is 2.56. The molecular weight excluding hydrogens is 244 g/mol. The molecule has 2 rings (SSSR count). The van der Waals surface area contributed by atoms with Gasteiger partial charge in [-0.05, 0) is 50.7 Å². The first-order chi connectivity index (χ1) is 9.27. The van der Waals surface area contributed by atoms with E-state index in [9.17, 15) is 0 Å². The van der Waals surface area contributed by atoms with Crippen LogP contribution in [0.25, 0.3) is 0 Å². The fourth-order valence-electron chi connectivity index (χ4n) is 2.68. The lowest BCUT2D eigenvalue weighted by Crippen LogP contribution is -2.39. The van der Waals surface area contributed by atoms with E-state index in [1.54, 1.807) is 0 Å². The van der Waals surface area contributed by atoms with Crippen molar-refractivity contribution in [2.24, 2.45) is 5.41 Å². The summed E-state index contributed by atoms with van der Waals surface area (Å²) in [6.45, 7) is 14.7. The average molecular weight is 274 g/mol. The molecule has 0 bridgehead atoms. The summed E-state index contributed by atoms with van der Waals surface area (Å²) in [5, 5.41) is 3.61. The Bertz CT molecular complexity index is 433. The number of para-hydroxylation sites is 1. The normalized spacial score (nSPS) is 19.1. The van der Waals surface area contributed by atoms with Crippen LogP contribution in [0.4, 0.5) is 5.69 Å². The number of rotatable bonds is 3. The average Bonchev–Trinajstić information content (AvgIpc) is 2.36. The molecule has 1 aliphatic heterocycles. The van der Waals surface area contributed by atoms with E-state index in [0.717, 1.165) is 6.54 Å². The molecule has 112 valence electrons. The van der Waals surface area contributed by atoms with Crippen LogP contribution in [0.3, 0.4) is 0 Å². The van der Waals surface area contributed by atoms with Crippen molar-refractivity contribution in [3.05, 3.63) is 29.8 Å². The van der Waals surface area contributed by atoms with E-state index in [2.05, 4.69) is 69.1 Å². The van der Waals surface area contributed by atoms with Gasteiger partial charge >= 0.3 is 0 Å². The number of nitrogens with zero attached hydrogens (tertiary/aromatic N) is 1. The van der Waals surface area contributed by atoms with Crippen LogP contribution in [0.5, 0.6) is 0 Å². The van der Waals surface area contributed by atoms with Gasteiger partial charge in [0.1, 0.15) is 0 Å². The van der Waals surface area contributed by atoms with Crippen molar-refractivity contribution in [3.63, 3.8) is 0 Å². The van der Waals surface area contributed by atoms with Crippen LogP contribution in [-0.4, -0.2) is 18.6 Å². The highest BCUT2D eigenvalue weighted by Gasteiger charge is 2.26. The van der Waals surface area contributed by atoms with Gasteiger partial charge in [0, 0.05) is 30.9 Å². The highest BCUT2D eigenvalue weighted by Crippen LogP contribution is 2.33. The quantitative estimate of drug-likeness (QED) is 0.888. The summed E-state index contributed by atoms with van der Waals surface area (Å²) >= 11 is 0. The fourth-order valence-corrected chi connectivity index (χ4v) is 2.68. The summed E-state index contributed by atoms with van der Waals surface area (Å²) < 4.78 is 0. The van der Waals surface area contributed by atoms with E-state index >= 15 is 0 Å². The zero-order valence-electron chi connectivity index (χ0n) is 13.8. The van der Waals surface area contributed by atoms with Crippen molar-refractivity contribution < 1.29 is 0 Å². The predicted octanol–water partition coefficient (Wildman–Crippen LogP) is 4.20. The maximum absolute atomic E-state index is 3.61. The molecular formula is C18H30N2. The van der Waals surface area contributed by atoms with E-state index in [1.807, 2.05) is 0 Å². The largest absolute Gasteiger partial charge is 0.371 e. The van der Waals surface area contributed by atoms with Crippen molar-refractivity contribution >= 4 is 5.69 Å². The lowest BCUT2D eigenvalue weighted by Gasteiger charge is -2.39. The van der Waals surface area contributed by atoms with Gasteiger partial charge in [0.15, 0.2) is 0 Å². The molecule has 1 heterocycles. The van der Waals surface area contributed by atoms with E-state index in [0.29, 0.717) is 5.41 Å². The number of hydrogen-bond donors (Lipinski definition) is 1. The Labute approximate surface area is 124 Å². The molecule has 1 aromatic rings. The Hall–Kier alpha value is -1.02. The van der Waals surface area contributed by atoms with Crippen molar-refractivity contribution in [3.8, 4) is 0 Å². The summed E-state index contributed by atoms with van der Waals surface area (Å²) in [6, 6.07) is 8.85. The number of anilines is 1. The minimum atomic E-state index is 0.164. The molecule has 0 saturated carbocycles. The Morgan fingerprint density at radius 3 is 2.30 bits per heavy atom. The van der Waals surface area contributed by atoms with Crippen LogP contribution < -0.4 is 10.2 Å². The van der Waals surface area contributed by atoms with Crippen LogP contribution >= 0.6 is 0 Å². The molecule has 0 aliphatic carbocycles. The van der Waals surface area contributed by atoms with Crippen LogP contribution in [0.15, 0.2) is 24.3 Å². The van der Waals surface area contributed by atoms with Crippen LogP contribution in [-0.2, 0) is 6.54 Å². The van der Waals surface area contributed by atoms with E-state index in [-0.39, 0.29) is 5.54 Å². The lowest BCUT2D eigenvalue weighted by atomic mass is 9.82. The molecule has 0 amide bonds. The van der Waals surface area contributed by atoms with Crippen molar-refractivity contribution in [2.45, 2.75) is 59.5 Å². The maximum Gasteiger partial charge on any atom is 0.0411 e. The zero-order valence-corrected chi connectivity index (χ0v) is 13.8. The minimum Gasteiger partial charge on any atom is -0.371 e. The van der Waals surface area contributed by atoms with Gasteiger partial charge in [0.05, 0.1) is 0 Å². The lowest BCUT2D eigenvalue weighted by molar-refractivity contribution is 0.279. The summed E-state index contributed by atoms with van der Waals surface area (Å²) in [5.41, 5.74) is 3.51. The number of piperidine rings is 1. The molecule has 0 atom stereocenters. The smallest absolute Gasteiger partial charge is 0.0411 e. The third-order valence-corrected chi connectivity index (χ3v) is 4.26. The van der Waals surface area contributed by atoms with Crippen molar-refractivity contribution in [1.29, 1.82) is 0 Å². The third kappa shape index (κ3) is 4.24. The van der Waals surface area contributed by atoms with Gasteiger partial charge in [-0.25, -0.2) is 0 Å². The van der Waals surface area contributed by atoms with Gasteiger partial charge in [0.25, 0.3) is 0 Å². The highest BCUT2D eigenvalue weighted by atomic mass is 15.1. The number of benzene rings is 1. The Balaban J connectivity index is 2.08. The molecule has 1 fully saturated rings. The molecule has 20 heavy (non-hydrogen) atoms. The second-order valence-corrected chi connectivity index (χ2v) is 7.88. The zero-order chi connectivity index (χ0) is 14.8. The minimum absolute atomic E-state index is 0.164. The van der Waals surface area contributed by atoms with Gasteiger partial charge in [-0.2, -0.15) is 0 Å². The van der Waals surface area contributed by atoms with Gasteiger partial charge in [-0.3, -0.25) is 0 Å².